The Bertz CT molecular complexity index is 948. The number of rotatable bonds is 3. The maximum absolute atomic E-state index is 5.80. The van der Waals surface area contributed by atoms with Gasteiger partial charge in [-0.3, -0.25) is 0 Å². The number of nitrogens with zero attached hydrogens (tertiary/aromatic N) is 3. The third-order valence-electron chi connectivity index (χ3n) is 5.54. The van der Waals surface area contributed by atoms with Gasteiger partial charge in [-0.1, -0.05) is 6.07 Å². The van der Waals surface area contributed by atoms with E-state index in [1.54, 1.807) is 22.7 Å². The van der Waals surface area contributed by atoms with Crippen molar-refractivity contribution in [2.75, 3.05) is 31.2 Å². The Labute approximate surface area is 167 Å². The predicted molar refractivity (Wildman–Crippen MR) is 111 cm³/mol. The van der Waals surface area contributed by atoms with E-state index in [1.807, 2.05) is 0 Å². The molecule has 2 saturated heterocycles. The first kappa shape index (κ1) is 17.6. The predicted octanol–water partition coefficient (Wildman–Crippen LogP) is 4.63. The third kappa shape index (κ3) is 3.16. The van der Waals surface area contributed by atoms with Crippen LogP contribution in [0.3, 0.4) is 0 Å². The molecule has 7 heteroatoms. The van der Waals surface area contributed by atoms with Crippen molar-refractivity contribution in [1.82, 2.24) is 9.97 Å². The molecule has 0 unspecified atom stereocenters. The van der Waals surface area contributed by atoms with Crippen LogP contribution in [0, 0.1) is 19.8 Å². The van der Waals surface area contributed by atoms with Gasteiger partial charge in [0.05, 0.1) is 23.5 Å². The van der Waals surface area contributed by atoms with Crippen molar-refractivity contribution in [3.05, 3.63) is 28.0 Å². The van der Waals surface area contributed by atoms with Crippen LogP contribution in [0.5, 0.6) is 0 Å². The van der Waals surface area contributed by atoms with Crippen LogP contribution in [0.15, 0.2) is 17.5 Å². The van der Waals surface area contributed by atoms with Crippen LogP contribution in [0.2, 0.25) is 0 Å². The maximum Gasteiger partial charge on any atom is 0.173 e. The lowest BCUT2D eigenvalue weighted by atomic mass is 9.97. The lowest BCUT2D eigenvalue weighted by Gasteiger charge is -2.35. The second-order valence-corrected chi connectivity index (χ2v) is 9.42. The molecular weight excluding hydrogens is 378 g/mol. The zero-order valence-corrected chi connectivity index (χ0v) is 17.2. The minimum Gasteiger partial charge on any atom is -0.355 e. The van der Waals surface area contributed by atoms with Crippen molar-refractivity contribution in [3.63, 3.8) is 0 Å². The van der Waals surface area contributed by atoms with Crippen molar-refractivity contribution in [2.24, 2.45) is 5.92 Å². The fraction of sp³-hybridized carbons (Fsp3) is 0.500. The normalized spacial score (nSPS) is 21.4. The van der Waals surface area contributed by atoms with Crippen LogP contribution >= 0.6 is 22.7 Å². The lowest BCUT2D eigenvalue weighted by Crippen LogP contribution is -2.41. The van der Waals surface area contributed by atoms with Gasteiger partial charge in [-0.15, -0.1) is 22.7 Å². The summed E-state index contributed by atoms with van der Waals surface area (Å²) in [4.78, 5) is 15.9. The van der Waals surface area contributed by atoms with Gasteiger partial charge in [0.25, 0.3) is 0 Å². The van der Waals surface area contributed by atoms with Gasteiger partial charge in [0, 0.05) is 23.9 Å². The van der Waals surface area contributed by atoms with E-state index < -0.39 is 0 Å². The number of thiophene rings is 2. The SMILES string of the molecule is Cc1sc2nc(-c3cccs3)nc(N3CCC[C@@H](C4OCCO4)C3)c2c1C. The maximum atomic E-state index is 5.80. The van der Waals surface area contributed by atoms with Gasteiger partial charge in [-0.25, -0.2) is 9.97 Å². The number of fused-ring (bicyclic) bond motifs is 1. The van der Waals surface area contributed by atoms with E-state index in [9.17, 15) is 0 Å². The molecule has 2 aliphatic rings. The average molecular weight is 402 g/mol. The molecule has 0 bridgehead atoms. The van der Waals surface area contributed by atoms with E-state index >= 15 is 0 Å². The molecule has 0 amide bonds. The first-order valence-corrected chi connectivity index (χ1v) is 11.2. The van der Waals surface area contributed by atoms with Crippen LogP contribution in [0.25, 0.3) is 20.9 Å². The fourth-order valence-electron chi connectivity index (χ4n) is 4.05. The minimum atomic E-state index is -0.0628. The Morgan fingerprint density at radius 3 is 2.81 bits per heavy atom. The Morgan fingerprint density at radius 1 is 1.19 bits per heavy atom. The first-order valence-electron chi connectivity index (χ1n) is 9.50. The van der Waals surface area contributed by atoms with E-state index in [0.717, 1.165) is 47.3 Å². The molecular formula is C20H23N3O2S2. The van der Waals surface area contributed by atoms with Crippen LogP contribution in [0.1, 0.15) is 23.3 Å². The van der Waals surface area contributed by atoms with Gasteiger partial charge < -0.3 is 14.4 Å². The molecule has 2 fully saturated rings. The number of piperidine rings is 1. The number of aryl methyl sites for hydroxylation is 2. The van der Waals surface area contributed by atoms with Crippen LogP contribution in [-0.2, 0) is 9.47 Å². The number of anilines is 1. The Hall–Kier alpha value is -1.54. The Balaban J connectivity index is 1.58. The summed E-state index contributed by atoms with van der Waals surface area (Å²) < 4.78 is 11.6. The molecule has 3 aromatic heterocycles. The van der Waals surface area contributed by atoms with Crippen molar-refractivity contribution in [3.8, 4) is 10.7 Å². The van der Waals surface area contributed by atoms with Crippen LogP contribution in [-0.4, -0.2) is 42.6 Å². The molecule has 0 aromatic carbocycles. The molecule has 3 aromatic rings. The summed E-state index contributed by atoms with van der Waals surface area (Å²) in [5.41, 5.74) is 1.30. The van der Waals surface area contributed by atoms with E-state index in [-0.39, 0.29) is 6.29 Å². The standard InChI is InChI=1S/C20H23N3O2S2/c1-12-13(2)27-19-16(12)18(21-17(22-19)15-6-4-10-26-15)23-7-3-5-14(11-23)20-24-8-9-25-20/h4,6,10,14,20H,3,5,7-9,11H2,1-2H3/t14-/m1/s1. The van der Waals surface area contributed by atoms with Crippen molar-refractivity contribution >= 4 is 38.7 Å². The topological polar surface area (TPSA) is 47.5 Å². The minimum absolute atomic E-state index is 0.0628. The third-order valence-corrected chi connectivity index (χ3v) is 7.51. The molecule has 0 saturated carbocycles. The van der Waals surface area contributed by atoms with E-state index in [0.29, 0.717) is 19.1 Å². The van der Waals surface area contributed by atoms with Crippen molar-refractivity contribution in [1.29, 1.82) is 0 Å². The summed E-state index contributed by atoms with van der Waals surface area (Å²) in [5.74, 6) is 2.31. The highest BCUT2D eigenvalue weighted by Gasteiger charge is 2.33. The molecule has 27 heavy (non-hydrogen) atoms. The van der Waals surface area contributed by atoms with E-state index in [4.69, 9.17) is 19.4 Å². The summed E-state index contributed by atoms with van der Waals surface area (Å²) in [5, 5.41) is 3.30. The number of ether oxygens (including phenoxy) is 2. The highest BCUT2D eigenvalue weighted by molar-refractivity contribution is 7.19. The highest BCUT2D eigenvalue weighted by Crippen LogP contribution is 2.39. The average Bonchev–Trinajstić information content (AvgIpc) is 3.44. The zero-order valence-electron chi connectivity index (χ0n) is 15.6. The summed E-state index contributed by atoms with van der Waals surface area (Å²) in [6.45, 7) is 7.74. The molecule has 2 aliphatic heterocycles. The molecule has 142 valence electrons. The number of aromatic nitrogens is 2. The Kier molecular flexibility index (Phi) is 4.63. The molecule has 5 heterocycles. The molecule has 1 atom stereocenters. The lowest BCUT2D eigenvalue weighted by molar-refractivity contribution is -0.0858. The second kappa shape index (κ2) is 7.13. The molecule has 0 spiro atoms. The first-order chi connectivity index (χ1) is 13.2. The van der Waals surface area contributed by atoms with Gasteiger partial charge >= 0.3 is 0 Å². The van der Waals surface area contributed by atoms with Crippen molar-refractivity contribution in [2.45, 2.75) is 33.0 Å². The largest absolute Gasteiger partial charge is 0.355 e. The summed E-state index contributed by atoms with van der Waals surface area (Å²) in [7, 11) is 0. The van der Waals surface area contributed by atoms with Gasteiger partial charge in [-0.2, -0.15) is 0 Å². The zero-order chi connectivity index (χ0) is 18.4. The summed E-state index contributed by atoms with van der Waals surface area (Å²) >= 11 is 3.46. The molecule has 0 aliphatic carbocycles. The molecule has 0 N–H and O–H groups in total. The van der Waals surface area contributed by atoms with Gasteiger partial charge in [0.15, 0.2) is 12.1 Å². The molecule has 5 rings (SSSR count). The Morgan fingerprint density at radius 2 is 2.04 bits per heavy atom. The highest BCUT2D eigenvalue weighted by atomic mass is 32.1. The van der Waals surface area contributed by atoms with Crippen LogP contribution in [0.4, 0.5) is 5.82 Å². The summed E-state index contributed by atoms with van der Waals surface area (Å²) in [6.07, 6.45) is 2.22. The second-order valence-electron chi connectivity index (χ2n) is 7.27. The quantitative estimate of drug-likeness (QED) is 0.641. The summed E-state index contributed by atoms with van der Waals surface area (Å²) in [6, 6.07) is 4.16. The number of hydrogen-bond donors (Lipinski definition) is 0. The molecule has 5 nitrogen and oxygen atoms in total. The van der Waals surface area contributed by atoms with E-state index in [2.05, 4.69) is 36.3 Å². The number of hydrogen-bond acceptors (Lipinski definition) is 7. The van der Waals surface area contributed by atoms with E-state index in [1.165, 1.54) is 15.8 Å². The van der Waals surface area contributed by atoms with Crippen LogP contribution < -0.4 is 4.90 Å². The van der Waals surface area contributed by atoms with Gasteiger partial charge in [0.2, 0.25) is 0 Å². The van der Waals surface area contributed by atoms with Gasteiger partial charge in [-0.05, 0) is 43.7 Å². The monoisotopic (exact) mass is 401 g/mol. The fourth-order valence-corrected chi connectivity index (χ4v) is 5.73. The van der Waals surface area contributed by atoms with Crippen molar-refractivity contribution < 1.29 is 9.47 Å². The van der Waals surface area contributed by atoms with Gasteiger partial charge in [0.1, 0.15) is 10.6 Å². The molecule has 0 radical (unpaired) electrons. The smallest absolute Gasteiger partial charge is 0.173 e.